The van der Waals surface area contributed by atoms with Crippen LogP contribution < -0.4 is 5.73 Å². The molecule has 180 valence electrons. The highest BCUT2D eigenvalue weighted by Crippen LogP contribution is 2.23. The highest BCUT2D eigenvalue weighted by molar-refractivity contribution is 6.03. The van der Waals surface area contributed by atoms with Gasteiger partial charge in [0.15, 0.2) is 0 Å². The first-order valence-corrected chi connectivity index (χ1v) is 9.90. The normalized spacial score (nSPS) is 20.1. The molecular weight excluding hydrogens is 449 g/mol. The zero-order valence-corrected chi connectivity index (χ0v) is 17.3. The van der Waals surface area contributed by atoms with Crippen molar-refractivity contribution in [3.63, 3.8) is 0 Å². The molecule has 0 spiro atoms. The van der Waals surface area contributed by atoms with Crippen LogP contribution in [0.15, 0.2) is 29.4 Å². The molecule has 0 aromatic heterocycles. The quantitative estimate of drug-likeness (QED) is 0.375. The molecule has 0 aliphatic carbocycles. The molecular formula is C20H23F3N4O6. The number of nitrogen functional groups attached to an aromatic ring is 1. The summed E-state index contributed by atoms with van der Waals surface area (Å²) in [4.78, 5) is 39.6. The summed E-state index contributed by atoms with van der Waals surface area (Å²) in [5.74, 6) is -3.91. The number of oxime groups is 1. The molecule has 5 N–H and O–H groups in total. The molecule has 1 amide bonds. The second kappa shape index (κ2) is 10.8. The molecule has 2 heterocycles. The van der Waals surface area contributed by atoms with Crippen LogP contribution in [0, 0.1) is 5.41 Å². The number of carbonyl (C=O) groups is 3. The molecule has 2 atom stereocenters. The highest BCUT2D eigenvalue weighted by Gasteiger charge is 2.38. The molecule has 1 fully saturated rings. The van der Waals surface area contributed by atoms with Crippen molar-refractivity contribution >= 4 is 29.4 Å². The van der Waals surface area contributed by atoms with Crippen LogP contribution in [0.4, 0.5) is 13.2 Å². The van der Waals surface area contributed by atoms with E-state index in [4.69, 9.17) is 25.9 Å². The Bertz CT molecular complexity index is 933. The summed E-state index contributed by atoms with van der Waals surface area (Å²) < 4.78 is 31.7. The molecule has 0 saturated carbocycles. The maximum atomic E-state index is 12.5. The summed E-state index contributed by atoms with van der Waals surface area (Å²) in [7, 11) is 0. The number of benzene rings is 1. The van der Waals surface area contributed by atoms with E-state index in [1.54, 1.807) is 12.1 Å². The smallest absolute Gasteiger partial charge is 0.480 e. The fraction of sp³-hybridized carbons (Fsp3) is 0.450. The standard InChI is InChI=1S/C18H22N4O4.C2HF3O2/c19-17(20)12-6-4-11(5-7-12)14-9-13(26-21-14)10-16(23)22-8-2-1-3-15(22)18(24)25;3-2(4,5)1(6)7/h4-7,13,15H,1-3,8-10H2,(H3,19,20)(H,24,25);(H,6,7)/t13?,15-;/m1./s1. The molecule has 0 radical (unpaired) electrons. The number of carbonyl (C=O) groups excluding carboxylic acids is 1. The zero-order valence-electron chi connectivity index (χ0n) is 17.3. The number of carboxylic acid groups (broad SMARTS) is 2. The van der Waals surface area contributed by atoms with E-state index in [-0.39, 0.29) is 24.3 Å². The van der Waals surface area contributed by atoms with Gasteiger partial charge in [0, 0.05) is 18.5 Å². The third-order valence-corrected chi connectivity index (χ3v) is 5.02. The number of nitrogens with zero attached hydrogens (tertiary/aromatic N) is 2. The van der Waals surface area contributed by atoms with Gasteiger partial charge < -0.3 is 25.7 Å². The van der Waals surface area contributed by atoms with Crippen LogP contribution in [-0.4, -0.2) is 69.4 Å². The lowest BCUT2D eigenvalue weighted by Gasteiger charge is -2.33. The molecule has 2 aliphatic heterocycles. The number of hydrogen-bond donors (Lipinski definition) is 4. The number of nitrogens with one attached hydrogen (secondary N) is 1. The molecule has 1 unspecified atom stereocenters. The minimum atomic E-state index is -5.08. The molecule has 13 heteroatoms. The number of amides is 1. The van der Waals surface area contributed by atoms with Gasteiger partial charge in [-0.2, -0.15) is 13.2 Å². The Balaban J connectivity index is 0.000000479. The molecule has 1 aromatic carbocycles. The highest BCUT2D eigenvalue weighted by atomic mass is 19.4. The average Bonchev–Trinajstić information content (AvgIpc) is 3.22. The van der Waals surface area contributed by atoms with Crippen LogP contribution in [-0.2, 0) is 19.2 Å². The van der Waals surface area contributed by atoms with Crippen LogP contribution in [0.2, 0.25) is 0 Å². The summed E-state index contributed by atoms with van der Waals surface area (Å²) in [5, 5.41) is 27.9. The van der Waals surface area contributed by atoms with Crippen LogP contribution in [0.1, 0.15) is 43.2 Å². The lowest BCUT2D eigenvalue weighted by Crippen LogP contribution is -2.48. The Morgan fingerprint density at radius 2 is 1.79 bits per heavy atom. The minimum Gasteiger partial charge on any atom is -0.480 e. The number of alkyl halides is 3. The lowest BCUT2D eigenvalue weighted by atomic mass is 9.99. The van der Waals surface area contributed by atoms with Crippen LogP contribution in [0.3, 0.4) is 0 Å². The largest absolute Gasteiger partial charge is 0.490 e. The fourth-order valence-corrected chi connectivity index (χ4v) is 3.35. The Morgan fingerprint density at radius 1 is 1.18 bits per heavy atom. The van der Waals surface area contributed by atoms with Crippen LogP contribution in [0.25, 0.3) is 0 Å². The van der Waals surface area contributed by atoms with Crippen molar-refractivity contribution in [1.29, 1.82) is 5.41 Å². The number of carboxylic acids is 2. The van der Waals surface area contributed by atoms with Crippen molar-refractivity contribution in [3.8, 4) is 0 Å². The lowest BCUT2D eigenvalue weighted by molar-refractivity contribution is -0.192. The molecule has 10 nitrogen and oxygen atoms in total. The molecule has 1 saturated heterocycles. The first-order valence-electron chi connectivity index (χ1n) is 9.90. The molecule has 33 heavy (non-hydrogen) atoms. The Hall–Kier alpha value is -3.64. The first kappa shape index (κ1) is 25.6. The molecule has 2 aliphatic rings. The average molecular weight is 472 g/mol. The van der Waals surface area contributed by atoms with Gasteiger partial charge in [-0.1, -0.05) is 29.4 Å². The van der Waals surface area contributed by atoms with Crippen LogP contribution in [0.5, 0.6) is 0 Å². The Morgan fingerprint density at radius 3 is 2.30 bits per heavy atom. The third kappa shape index (κ3) is 7.19. The number of halogens is 3. The maximum Gasteiger partial charge on any atom is 0.490 e. The number of piperidine rings is 1. The number of likely N-dealkylation sites (tertiary alicyclic amines) is 1. The summed E-state index contributed by atoms with van der Waals surface area (Å²) in [5.41, 5.74) is 7.65. The van der Waals surface area contributed by atoms with E-state index in [1.807, 2.05) is 12.1 Å². The first-order chi connectivity index (χ1) is 15.4. The number of aliphatic carboxylic acids is 2. The predicted octanol–water partition coefficient (Wildman–Crippen LogP) is 1.95. The van der Waals surface area contributed by atoms with Crippen LogP contribution >= 0.6 is 0 Å². The summed E-state index contributed by atoms with van der Waals surface area (Å²) in [6.07, 6.45) is -2.73. The van der Waals surface area contributed by atoms with E-state index < -0.39 is 24.2 Å². The van der Waals surface area contributed by atoms with Crippen molar-refractivity contribution in [3.05, 3.63) is 35.4 Å². The summed E-state index contributed by atoms with van der Waals surface area (Å²) in [6, 6.07) is 6.37. The van der Waals surface area contributed by atoms with Crippen molar-refractivity contribution in [2.75, 3.05) is 6.54 Å². The van der Waals surface area contributed by atoms with Crippen molar-refractivity contribution in [1.82, 2.24) is 4.90 Å². The molecule has 0 bridgehead atoms. The number of hydrogen-bond acceptors (Lipinski definition) is 6. The second-order valence-electron chi connectivity index (χ2n) is 7.40. The van der Waals surface area contributed by atoms with Gasteiger partial charge in [-0.3, -0.25) is 10.2 Å². The van der Waals surface area contributed by atoms with E-state index in [9.17, 15) is 27.9 Å². The minimum absolute atomic E-state index is 0.000787. The van der Waals surface area contributed by atoms with E-state index >= 15 is 0 Å². The zero-order chi connectivity index (χ0) is 24.8. The van der Waals surface area contributed by atoms with Gasteiger partial charge in [-0.25, -0.2) is 9.59 Å². The maximum absolute atomic E-state index is 12.5. The summed E-state index contributed by atoms with van der Waals surface area (Å²) in [6.45, 7) is 0.475. The monoisotopic (exact) mass is 472 g/mol. The number of nitrogens with two attached hydrogens (primary N) is 1. The van der Waals surface area contributed by atoms with E-state index in [0.29, 0.717) is 24.9 Å². The van der Waals surface area contributed by atoms with E-state index in [0.717, 1.165) is 24.1 Å². The molecule has 1 aromatic rings. The van der Waals surface area contributed by atoms with Gasteiger partial charge in [0.1, 0.15) is 18.0 Å². The summed E-state index contributed by atoms with van der Waals surface area (Å²) >= 11 is 0. The Labute approximate surface area is 186 Å². The van der Waals surface area contributed by atoms with Gasteiger partial charge in [-0.15, -0.1) is 0 Å². The SMILES string of the molecule is N=C(N)c1ccc(C2=NOC(CC(=O)N3CCCC[C@@H]3C(=O)O)C2)cc1.O=C(O)C(F)(F)F. The predicted molar refractivity (Wildman–Crippen MR) is 109 cm³/mol. The van der Waals surface area contributed by atoms with Gasteiger partial charge in [0.2, 0.25) is 5.91 Å². The number of amidine groups is 1. The van der Waals surface area contributed by atoms with Crippen molar-refractivity contribution in [2.24, 2.45) is 10.9 Å². The van der Waals surface area contributed by atoms with Gasteiger partial charge >= 0.3 is 18.1 Å². The van der Waals surface area contributed by atoms with E-state index in [1.165, 1.54) is 4.90 Å². The van der Waals surface area contributed by atoms with Gasteiger partial charge in [0.05, 0.1) is 12.1 Å². The van der Waals surface area contributed by atoms with E-state index in [2.05, 4.69) is 5.16 Å². The number of rotatable bonds is 5. The fourth-order valence-electron chi connectivity index (χ4n) is 3.35. The Kier molecular flexibility index (Phi) is 8.38. The topological polar surface area (TPSA) is 166 Å². The van der Waals surface area contributed by atoms with Gasteiger partial charge in [0.25, 0.3) is 0 Å². The van der Waals surface area contributed by atoms with Gasteiger partial charge in [-0.05, 0) is 24.8 Å². The third-order valence-electron chi connectivity index (χ3n) is 5.02. The van der Waals surface area contributed by atoms with Crippen molar-refractivity contribution < 1.29 is 42.6 Å². The molecule has 3 rings (SSSR count). The second-order valence-corrected chi connectivity index (χ2v) is 7.40. The van der Waals surface area contributed by atoms with Crippen molar-refractivity contribution in [2.45, 2.75) is 50.4 Å².